The molecule has 1 heterocycles. The summed E-state index contributed by atoms with van der Waals surface area (Å²) in [4.78, 5) is 2.99. The fourth-order valence-electron chi connectivity index (χ4n) is 0.822. The summed E-state index contributed by atoms with van der Waals surface area (Å²) in [6.45, 7) is 2.21. The van der Waals surface area contributed by atoms with Crippen LogP contribution in [0.5, 0.6) is 0 Å². The number of aliphatic hydroxyl groups is 1. The van der Waals surface area contributed by atoms with E-state index in [2.05, 4.69) is 4.98 Å². The first kappa shape index (κ1) is 7.31. The van der Waals surface area contributed by atoms with Crippen LogP contribution in [0, 0.1) is 0 Å². The summed E-state index contributed by atoms with van der Waals surface area (Å²) < 4.78 is 0. The maximum atomic E-state index is 9.06. The van der Waals surface area contributed by atoms with Gasteiger partial charge in [-0.25, -0.2) is 0 Å². The van der Waals surface area contributed by atoms with Gasteiger partial charge in [-0.2, -0.15) is 0 Å². The first-order valence-electron chi connectivity index (χ1n) is 3.30. The zero-order chi connectivity index (χ0) is 7.56. The van der Waals surface area contributed by atoms with Crippen molar-refractivity contribution in [3.63, 3.8) is 0 Å². The second-order valence-corrected chi connectivity index (χ2v) is 2.32. The van der Waals surface area contributed by atoms with Gasteiger partial charge in [0.1, 0.15) is 0 Å². The van der Waals surface area contributed by atoms with Crippen LogP contribution in [0.3, 0.4) is 0 Å². The Morgan fingerprint density at radius 1 is 1.70 bits per heavy atom. The molecule has 0 aliphatic heterocycles. The number of nitrogens with two attached hydrogens (primary N) is 1. The third-order valence-electron chi connectivity index (χ3n) is 1.44. The lowest BCUT2D eigenvalue weighted by Crippen LogP contribution is -1.97. The molecule has 0 spiro atoms. The first-order chi connectivity index (χ1) is 4.74. The molecule has 1 rings (SSSR count). The van der Waals surface area contributed by atoms with E-state index in [0.717, 1.165) is 11.4 Å². The summed E-state index contributed by atoms with van der Waals surface area (Å²) in [6, 6.07) is 3.72. The van der Waals surface area contributed by atoms with Crippen molar-refractivity contribution in [1.29, 1.82) is 0 Å². The molecule has 0 aliphatic rings. The van der Waals surface area contributed by atoms with Gasteiger partial charge < -0.3 is 15.8 Å². The van der Waals surface area contributed by atoms with E-state index in [9.17, 15) is 0 Å². The zero-order valence-corrected chi connectivity index (χ0v) is 5.96. The molecule has 3 nitrogen and oxygen atoms in total. The molecule has 0 amide bonds. The molecule has 1 unspecified atom stereocenters. The Balaban J connectivity index is 2.78. The molecule has 0 saturated heterocycles. The molecule has 3 heteroatoms. The van der Waals surface area contributed by atoms with Crippen LogP contribution in [0.25, 0.3) is 0 Å². The Hall–Kier alpha value is -0.800. The van der Waals surface area contributed by atoms with Crippen LogP contribution < -0.4 is 5.73 Å². The number of hydrogen-bond donors (Lipinski definition) is 3. The molecule has 4 N–H and O–H groups in total. The highest BCUT2D eigenvalue weighted by atomic mass is 16.3. The van der Waals surface area contributed by atoms with Crippen molar-refractivity contribution in [2.24, 2.45) is 5.73 Å². The second kappa shape index (κ2) is 2.86. The highest BCUT2D eigenvalue weighted by Gasteiger charge is 2.01. The van der Waals surface area contributed by atoms with E-state index < -0.39 is 6.10 Å². The summed E-state index contributed by atoms with van der Waals surface area (Å²) in [6.07, 6.45) is -0.430. The van der Waals surface area contributed by atoms with Crippen LogP contribution in [-0.4, -0.2) is 10.1 Å². The van der Waals surface area contributed by atoms with Crippen LogP contribution in [0.4, 0.5) is 0 Å². The van der Waals surface area contributed by atoms with Crippen molar-refractivity contribution in [2.45, 2.75) is 19.6 Å². The minimum atomic E-state index is -0.430. The van der Waals surface area contributed by atoms with Crippen molar-refractivity contribution in [2.75, 3.05) is 0 Å². The molecule has 0 fully saturated rings. The lowest BCUT2D eigenvalue weighted by Gasteiger charge is -1.98. The average Bonchev–Trinajstić information content (AvgIpc) is 2.34. The van der Waals surface area contributed by atoms with E-state index in [1.165, 1.54) is 0 Å². The number of rotatable bonds is 2. The van der Waals surface area contributed by atoms with Gasteiger partial charge in [-0.05, 0) is 19.1 Å². The van der Waals surface area contributed by atoms with E-state index in [1.807, 2.05) is 12.1 Å². The Morgan fingerprint density at radius 3 is 2.70 bits per heavy atom. The first-order valence-corrected chi connectivity index (χ1v) is 3.30. The number of nitrogens with one attached hydrogen (secondary N) is 1. The van der Waals surface area contributed by atoms with Crippen LogP contribution in [-0.2, 0) is 6.54 Å². The monoisotopic (exact) mass is 140 g/mol. The number of H-pyrrole nitrogens is 1. The van der Waals surface area contributed by atoms with Crippen LogP contribution in [0.1, 0.15) is 24.4 Å². The quantitative estimate of drug-likeness (QED) is 0.561. The van der Waals surface area contributed by atoms with Crippen molar-refractivity contribution >= 4 is 0 Å². The van der Waals surface area contributed by atoms with Gasteiger partial charge in [-0.1, -0.05) is 0 Å². The summed E-state index contributed by atoms with van der Waals surface area (Å²) in [7, 11) is 0. The molecule has 1 atom stereocenters. The molecule has 0 bridgehead atoms. The SMILES string of the molecule is CC(O)c1ccc(CN)[nH]1. The predicted molar refractivity (Wildman–Crippen MR) is 39.3 cm³/mol. The van der Waals surface area contributed by atoms with Gasteiger partial charge in [0.05, 0.1) is 6.10 Å². The third kappa shape index (κ3) is 1.37. The van der Waals surface area contributed by atoms with Crippen molar-refractivity contribution in [3.8, 4) is 0 Å². The molecular formula is C7H12N2O. The van der Waals surface area contributed by atoms with Gasteiger partial charge in [-0.3, -0.25) is 0 Å². The summed E-state index contributed by atoms with van der Waals surface area (Å²) in [5.74, 6) is 0. The average molecular weight is 140 g/mol. The highest BCUT2D eigenvalue weighted by molar-refractivity contribution is 5.14. The summed E-state index contributed by atoms with van der Waals surface area (Å²) >= 11 is 0. The van der Waals surface area contributed by atoms with Gasteiger partial charge in [0.15, 0.2) is 0 Å². The number of hydrogen-bond acceptors (Lipinski definition) is 2. The van der Waals surface area contributed by atoms with Gasteiger partial charge in [0.25, 0.3) is 0 Å². The Labute approximate surface area is 59.9 Å². The van der Waals surface area contributed by atoms with E-state index in [-0.39, 0.29) is 0 Å². The van der Waals surface area contributed by atoms with E-state index in [0.29, 0.717) is 6.54 Å². The maximum Gasteiger partial charge on any atom is 0.0909 e. The van der Waals surface area contributed by atoms with Crippen LogP contribution in [0.2, 0.25) is 0 Å². The van der Waals surface area contributed by atoms with Crippen molar-refractivity contribution in [1.82, 2.24) is 4.98 Å². The van der Waals surface area contributed by atoms with Gasteiger partial charge in [-0.15, -0.1) is 0 Å². The van der Waals surface area contributed by atoms with Gasteiger partial charge in [0, 0.05) is 17.9 Å². The normalized spacial score (nSPS) is 13.5. The number of aromatic nitrogens is 1. The summed E-state index contributed by atoms with van der Waals surface area (Å²) in [5, 5.41) is 9.06. The largest absolute Gasteiger partial charge is 0.387 e. The third-order valence-corrected chi connectivity index (χ3v) is 1.44. The van der Waals surface area contributed by atoms with Gasteiger partial charge >= 0.3 is 0 Å². The van der Waals surface area contributed by atoms with Gasteiger partial charge in [0.2, 0.25) is 0 Å². The second-order valence-electron chi connectivity index (χ2n) is 2.32. The maximum absolute atomic E-state index is 9.06. The highest BCUT2D eigenvalue weighted by Crippen LogP contribution is 2.09. The van der Waals surface area contributed by atoms with E-state index in [4.69, 9.17) is 10.8 Å². The molecular weight excluding hydrogens is 128 g/mol. The van der Waals surface area contributed by atoms with Crippen molar-refractivity contribution < 1.29 is 5.11 Å². The van der Waals surface area contributed by atoms with Crippen LogP contribution >= 0.6 is 0 Å². The molecule has 1 aromatic heterocycles. The fraction of sp³-hybridized carbons (Fsp3) is 0.429. The van der Waals surface area contributed by atoms with E-state index >= 15 is 0 Å². The smallest absolute Gasteiger partial charge is 0.0909 e. The molecule has 0 radical (unpaired) electrons. The molecule has 56 valence electrons. The zero-order valence-electron chi connectivity index (χ0n) is 5.96. The standard InChI is InChI=1S/C7H12N2O/c1-5(10)7-3-2-6(4-8)9-7/h2-3,5,9-10H,4,8H2,1H3. The topological polar surface area (TPSA) is 62.0 Å². The molecule has 1 aromatic rings. The van der Waals surface area contributed by atoms with E-state index in [1.54, 1.807) is 6.92 Å². The Morgan fingerprint density at radius 2 is 2.40 bits per heavy atom. The summed E-state index contributed by atoms with van der Waals surface area (Å²) in [5.41, 5.74) is 7.12. The number of aliphatic hydroxyl groups excluding tert-OH is 1. The lowest BCUT2D eigenvalue weighted by atomic mass is 10.3. The van der Waals surface area contributed by atoms with Crippen molar-refractivity contribution in [3.05, 3.63) is 23.5 Å². The Bertz CT molecular complexity index is 205. The lowest BCUT2D eigenvalue weighted by molar-refractivity contribution is 0.195. The molecule has 0 aromatic carbocycles. The molecule has 0 saturated carbocycles. The number of aromatic amines is 1. The Kier molecular flexibility index (Phi) is 2.09. The van der Waals surface area contributed by atoms with Crippen LogP contribution in [0.15, 0.2) is 12.1 Å². The fourth-order valence-corrected chi connectivity index (χ4v) is 0.822. The molecule has 10 heavy (non-hydrogen) atoms. The minimum absolute atomic E-state index is 0.430. The predicted octanol–water partition coefficient (Wildman–Crippen LogP) is 0.527. The minimum Gasteiger partial charge on any atom is -0.387 e. The molecule has 0 aliphatic carbocycles.